The number of aryl methyl sites for hydroxylation is 1. The second-order valence-corrected chi connectivity index (χ2v) is 6.17. The Bertz CT molecular complexity index is 916. The zero-order valence-electron chi connectivity index (χ0n) is 15.2. The molecule has 3 aromatic rings. The maximum Gasteiger partial charge on any atom is 0.269 e. The van der Waals surface area contributed by atoms with Gasteiger partial charge in [-0.2, -0.15) is 0 Å². The lowest BCUT2D eigenvalue weighted by molar-refractivity contribution is -0.121. The molecule has 0 atom stereocenters. The summed E-state index contributed by atoms with van der Waals surface area (Å²) in [5.74, 6) is 0.132. The van der Waals surface area contributed by atoms with E-state index in [1.165, 1.54) is 10.9 Å². The van der Waals surface area contributed by atoms with Crippen LogP contribution in [0.15, 0.2) is 54.7 Å². The van der Waals surface area contributed by atoms with Gasteiger partial charge < -0.3 is 9.72 Å². The molecule has 1 aromatic heterocycles. The van der Waals surface area contributed by atoms with Crippen LogP contribution < -0.4 is 15.6 Å². The van der Waals surface area contributed by atoms with E-state index in [2.05, 4.69) is 21.9 Å². The molecule has 0 aliphatic heterocycles. The maximum atomic E-state index is 12.1. The molecule has 0 saturated heterocycles. The van der Waals surface area contributed by atoms with Gasteiger partial charge in [-0.3, -0.25) is 20.4 Å². The van der Waals surface area contributed by atoms with Gasteiger partial charge >= 0.3 is 0 Å². The summed E-state index contributed by atoms with van der Waals surface area (Å²) in [6.07, 6.45) is 3.82. The van der Waals surface area contributed by atoms with Gasteiger partial charge in [0, 0.05) is 29.1 Å². The fraction of sp³-hybridized carbons (Fsp3) is 0.238. The third kappa shape index (κ3) is 4.88. The van der Waals surface area contributed by atoms with Crippen molar-refractivity contribution in [3.8, 4) is 5.75 Å². The van der Waals surface area contributed by atoms with Crippen LogP contribution in [-0.2, 0) is 11.2 Å². The lowest BCUT2D eigenvalue weighted by atomic mass is 10.1. The highest BCUT2D eigenvalue weighted by molar-refractivity contribution is 5.95. The number of carbonyl (C=O) groups excluding carboxylic acids is 2. The third-order valence-corrected chi connectivity index (χ3v) is 4.27. The Morgan fingerprint density at radius 2 is 1.81 bits per heavy atom. The smallest absolute Gasteiger partial charge is 0.269 e. The van der Waals surface area contributed by atoms with Crippen molar-refractivity contribution in [2.75, 3.05) is 6.61 Å². The van der Waals surface area contributed by atoms with Crippen molar-refractivity contribution in [1.29, 1.82) is 0 Å². The SMILES string of the molecule is CCOc1ccc(C(=O)NNC(=O)CCCc2c[nH]c3ccccc23)cc1. The van der Waals surface area contributed by atoms with Gasteiger partial charge in [0.25, 0.3) is 5.91 Å². The van der Waals surface area contributed by atoms with Gasteiger partial charge in [0.2, 0.25) is 5.91 Å². The minimum Gasteiger partial charge on any atom is -0.494 e. The first-order chi connectivity index (χ1) is 13.2. The van der Waals surface area contributed by atoms with Gasteiger partial charge in [-0.15, -0.1) is 0 Å². The molecule has 0 spiro atoms. The van der Waals surface area contributed by atoms with Crippen molar-refractivity contribution in [3.05, 3.63) is 65.9 Å². The maximum absolute atomic E-state index is 12.1. The fourth-order valence-electron chi connectivity index (χ4n) is 2.91. The molecule has 0 saturated carbocycles. The van der Waals surface area contributed by atoms with Crippen LogP contribution in [-0.4, -0.2) is 23.4 Å². The average molecular weight is 365 g/mol. The van der Waals surface area contributed by atoms with E-state index in [1.807, 2.05) is 31.3 Å². The fourth-order valence-corrected chi connectivity index (χ4v) is 2.91. The Balaban J connectivity index is 1.42. The molecule has 6 heteroatoms. The van der Waals surface area contributed by atoms with Gasteiger partial charge in [-0.25, -0.2) is 0 Å². The third-order valence-electron chi connectivity index (χ3n) is 4.27. The summed E-state index contributed by atoms with van der Waals surface area (Å²) in [5, 5.41) is 1.18. The highest BCUT2D eigenvalue weighted by atomic mass is 16.5. The van der Waals surface area contributed by atoms with Crippen molar-refractivity contribution in [3.63, 3.8) is 0 Å². The van der Waals surface area contributed by atoms with Crippen molar-refractivity contribution < 1.29 is 14.3 Å². The second-order valence-electron chi connectivity index (χ2n) is 6.17. The number of fused-ring (bicyclic) bond motifs is 1. The summed E-state index contributed by atoms with van der Waals surface area (Å²) in [5.41, 5.74) is 7.64. The molecule has 6 nitrogen and oxygen atoms in total. The molecule has 1 heterocycles. The Hall–Kier alpha value is -3.28. The first kappa shape index (κ1) is 18.5. The molecular formula is C21H23N3O3. The first-order valence-corrected chi connectivity index (χ1v) is 9.04. The van der Waals surface area contributed by atoms with E-state index < -0.39 is 0 Å². The van der Waals surface area contributed by atoms with E-state index in [-0.39, 0.29) is 11.8 Å². The van der Waals surface area contributed by atoms with Crippen LogP contribution in [0.25, 0.3) is 10.9 Å². The lowest BCUT2D eigenvalue weighted by Crippen LogP contribution is -2.41. The van der Waals surface area contributed by atoms with E-state index >= 15 is 0 Å². The van der Waals surface area contributed by atoms with Crippen LogP contribution in [0.5, 0.6) is 5.75 Å². The van der Waals surface area contributed by atoms with E-state index in [0.717, 1.165) is 11.9 Å². The molecule has 0 fully saturated rings. The molecule has 3 rings (SSSR count). The molecule has 0 bridgehead atoms. The predicted octanol–water partition coefficient (Wildman–Crippen LogP) is 3.35. The van der Waals surface area contributed by atoms with E-state index in [9.17, 15) is 9.59 Å². The normalized spacial score (nSPS) is 10.6. The molecule has 0 radical (unpaired) electrons. The summed E-state index contributed by atoms with van der Waals surface area (Å²) < 4.78 is 5.34. The predicted molar refractivity (Wildman–Crippen MR) is 104 cm³/mol. The van der Waals surface area contributed by atoms with Crippen molar-refractivity contribution in [2.24, 2.45) is 0 Å². The number of hydrogen-bond acceptors (Lipinski definition) is 3. The van der Waals surface area contributed by atoms with Crippen molar-refractivity contribution in [2.45, 2.75) is 26.2 Å². The Kier molecular flexibility index (Phi) is 6.10. The molecule has 3 N–H and O–H groups in total. The number of carbonyl (C=O) groups is 2. The molecule has 0 aliphatic carbocycles. The lowest BCUT2D eigenvalue weighted by Gasteiger charge is -2.08. The molecule has 2 aromatic carbocycles. The highest BCUT2D eigenvalue weighted by Gasteiger charge is 2.09. The number of H-pyrrole nitrogens is 1. The Morgan fingerprint density at radius 3 is 2.59 bits per heavy atom. The number of benzene rings is 2. The van der Waals surface area contributed by atoms with Crippen molar-refractivity contribution in [1.82, 2.24) is 15.8 Å². The minimum absolute atomic E-state index is 0.214. The van der Waals surface area contributed by atoms with Gasteiger partial charge in [0.1, 0.15) is 5.75 Å². The number of nitrogens with one attached hydrogen (secondary N) is 3. The molecule has 27 heavy (non-hydrogen) atoms. The zero-order valence-corrected chi connectivity index (χ0v) is 15.2. The van der Waals surface area contributed by atoms with Gasteiger partial charge in [0.05, 0.1) is 6.61 Å². The van der Waals surface area contributed by atoms with Crippen LogP contribution in [0.1, 0.15) is 35.7 Å². The van der Waals surface area contributed by atoms with Gasteiger partial charge in [-0.05, 0) is 55.7 Å². The molecule has 0 unspecified atom stereocenters. The van der Waals surface area contributed by atoms with E-state index in [1.54, 1.807) is 24.3 Å². The van der Waals surface area contributed by atoms with Gasteiger partial charge in [-0.1, -0.05) is 18.2 Å². The second kappa shape index (κ2) is 8.89. The Morgan fingerprint density at radius 1 is 1.04 bits per heavy atom. The molecular weight excluding hydrogens is 342 g/mol. The van der Waals surface area contributed by atoms with Crippen LogP contribution >= 0.6 is 0 Å². The van der Waals surface area contributed by atoms with Crippen LogP contribution in [0.2, 0.25) is 0 Å². The first-order valence-electron chi connectivity index (χ1n) is 9.04. The monoisotopic (exact) mass is 365 g/mol. The number of aromatic amines is 1. The summed E-state index contributed by atoms with van der Waals surface area (Å²) >= 11 is 0. The largest absolute Gasteiger partial charge is 0.494 e. The summed E-state index contributed by atoms with van der Waals surface area (Å²) in [4.78, 5) is 27.2. The number of aromatic nitrogens is 1. The zero-order chi connectivity index (χ0) is 19.1. The van der Waals surface area contributed by atoms with E-state index in [4.69, 9.17) is 4.74 Å². The molecule has 2 amide bonds. The van der Waals surface area contributed by atoms with Crippen LogP contribution in [0.4, 0.5) is 0 Å². The number of rotatable bonds is 7. The quantitative estimate of drug-likeness (QED) is 0.562. The average Bonchev–Trinajstić information content (AvgIpc) is 3.10. The Labute approximate surface area is 157 Å². The number of ether oxygens (including phenoxy) is 1. The van der Waals surface area contributed by atoms with Crippen molar-refractivity contribution >= 4 is 22.7 Å². The highest BCUT2D eigenvalue weighted by Crippen LogP contribution is 2.19. The number of hydrogen-bond donors (Lipinski definition) is 3. The summed E-state index contributed by atoms with van der Waals surface area (Å²) in [6.45, 7) is 2.47. The van der Waals surface area contributed by atoms with Crippen LogP contribution in [0.3, 0.4) is 0 Å². The molecule has 140 valence electrons. The summed E-state index contributed by atoms with van der Waals surface area (Å²) in [6, 6.07) is 14.8. The number of amides is 2. The molecule has 0 aliphatic rings. The number of hydrazine groups is 1. The number of para-hydroxylation sites is 1. The minimum atomic E-state index is -0.358. The topological polar surface area (TPSA) is 83.2 Å². The van der Waals surface area contributed by atoms with Gasteiger partial charge in [0.15, 0.2) is 0 Å². The standard InChI is InChI=1S/C21H23N3O3/c1-2-27-17-12-10-15(11-13-17)21(26)24-23-20(25)9-5-6-16-14-22-19-8-4-3-7-18(16)19/h3-4,7-8,10-14,22H,2,5-6,9H2,1H3,(H,23,25)(H,24,26). The summed E-state index contributed by atoms with van der Waals surface area (Å²) in [7, 11) is 0. The van der Waals surface area contributed by atoms with Crippen LogP contribution in [0, 0.1) is 0 Å². The van der Waals surface area contributed by atoms with E-state index in [0.29, 0.717) is 30.8 Å².